The summed E-state index contributed by atoms with van der Waals surface area (Å²) in [5, 5.41) is 0. The Morgan fingerprint density at radius 2 is 1.49 bits per heavy atom. The number of urea groups is 1. The molecule has 228 valence electrons. The number of carbonyl (C=O) groups is 4. The van der Waals surface area contributed by atoms with Gasteiger partial charge in [0.25, 0.3) is 5.91 Å². The Morgan fingerprint density at radius 3 is 2.16 bits per heavy atom. The third-order valence-electron chi connectivity index (χ3n) is 9.13. The third-order valence-corrected chi connectivity index (χ3v) is 9.66. The van der Waals surface area contributed by atoms with Gasteiger partial charge in [-0.15, -0.1) is 0 Å². The molecular weight excluding hydrogens is 616 g/mol. The second-order valence-corrected chi connectivity index (χ2v) is 12.8. The Morgan fingerprint density at radius 1 is 0.814 bits per heavy atom. The molecular formula is C32H37BrN4O6. The first-order valence-corrected chi connectivity index (χ1v) is 15.9. The fourth-order valence-corrected chi connectivity index (χ4v) is 7.08. The second-order valence-electron chi connectivity index (χ2n) is 11.9. The Kier molecular flexibility index (Phi) is 8.72. The van der Waals surface area contributed by atoms with E-state index in [1.54, 1.807) is 29.2 Å². The monoisotopic (exact) mass is 652 g/mol. The summed E-state index contributed by atoms with van der Waals surface area (Å²) in [4.78, 5) is 58.0. The van der Waals surface area contributed by atoms with Gasteiger partial charge in [0.15, 0.2) is 0 Å². The minimum Gasteiger partial charge on any atom is -0.442 e. The van der Waals surface area contributed by atoms with Crippen LogP contribution in [0.25, 0.3) is 0 Å². The predicted octanol–water partition coefficient (Wildman–Crippen LogP) is 5.08. The molecule has 0 spiro atoms. The lowest BCUT2D eigenvalue weighted by molar-refractivity contribution is -0.132. The molecule has 2 aromatic carbocycles. The zero-order chi connectivity index (χ0) is 30.0. The van der Waals surface area contributed by atoms with Crippen molar-refractivity contribution >= 4 is 51.2 Å². The number of morpholine rings is 1. The summed E-state index contributed by atoms with van der Waals surface area (Å²) in [5.74, 6) is -0.347. The molecule has 1 aliphatic carbocycles. The van der Waals surface area contributed by atoms with Crippen molar-refractivity contribution in [3.8, 4) is 0 Å². The van der Waals surface area contributed by atoms with Crippen molar-refractivity contribution in [2.24, 2.45) is 0 Å². The van der Waals surface area contributed by atoms with Gasteiger partial charge in [0.1, 0.15) is 12.7 Å². The average molecular weight is 654 g/mol. The lowest BCUT2D eigenvalue weighted by Crippen LogP contribution is -2.57. The van der Waals surface area contributed by atoms with Gasteiger partial charge in [-0.25, -0.2) is 9.59 Å². The molecule has 4 aliphatic rings. The van der Waals surface area contributed by atoms with E-state index in [-0.39, 0.29) is 49.4 Å². The van der Waals surface area contributed by atoms with Crippen molar-refractivity contribution in [3.63, 3.8) is 0 Å². The van der Waals surface area contributed by atoms with Gasteiger partial charge >= 0.3 is 12.1 Å². The van der Waals surface area contributed by atoms with Crippen molar-refractivity contribution in [1.29, 1.82) is 0 Å². The van der Waals surface area contributed by atoms with Gasteiger partial charge in [-0.1, -0.05) is 53.7 Å². The van der Waals surface area contributed by atoms with Gasteiger partial charge in [-0.2, -0.15) is 0 Å². The van der Waals surface area contributed by atoms with E-state index in [0.29, 0.717) is 31.9 Å². The zero-order valence-electron chi connectivity index (χ0n) is 24.2. The molecule has 6 rings (SSSR count). The van der Waals surface area contributed by atoms with Crippen LogP contribution in [0.1, 0.15) is 50.5 Å². The number of carbonyl (C=O) groups excluding carboxylic acids is 4. The summed E-state index contributed by atoms with van der Waals surface area (Å²) in [6, 6.07) is 15.3. The average Bonchev–Trinajstić information content (AvgIpc) is 3.21. The van der Waals surface area contributed by atoms with Crippen molar-refractivity contribution in [2.45, 2.75) is 56.5 Å². The highest BCUT2D eigenvalue weighted by Gasteiger charge is 2.42. The predicted molar refractivity (Wildman–Crippen MR) is 164 cm³/mol. The SMILES string of the molecule is O=C1CCN(CC2(c3ccc(Br)cc3)CCCCCC2)C(=O)N1C[C@H]1CN(c2ccc(N3CCOCC3=O)cc2)C(=O)O1. The number of hydrogen-bond donors (Lipinski definition) is 0. The van der Waals surface area contributed by atoms with Crippen LogP contribution in [0.4, 0.5) is 21.0 Å². The maximum absolute atomic E-state index is 13.8. The molecule has 0 unspecified atom stereocenters. The number of amides is 5. The lowest BCUT2D eigenvalue weighted by Gasteiger charge is -2.42. The van der Waals surface area contributed by atoms with E-state index in [1.165, 1.54) is 28.2 Å². The zero-order valence-corrected chi connectivity index (χ0v) is 25.8. The van der Waals surface area contributed by atoms with Crippen LogP contribution in [-0.4, -0.2) is 85.8 Å². The summed E-state index contributed by atoms with van der Waals surface area (Å²) < 4.78 is 11.9. The van der Waals surface area contributed by atoms with Crippen LogP contribution in [0.5, 0.6) is 0 Å². The van der Waals surface area contributed by atoms with Crippen LogP contribution < -0.4 is 9.80 Å². The molecule has 10 nitrogen and oxygen atoms in total. The molecule has 1 saturated carbocycles. The maximum Gasteiger partial charge on any atom is 0.414 e. The Balaban J connectivity index is 1.13. The number of cyclic esters (lactones) is 1. The topological polar surface area (TPSA) is 99.7 Å². The maximum atomic E-state index is 13.8. The first-order valence-electron chi connectivity index (χ1n) is 15.1. The first-order chi connectivity index (χ1) is 20.8. The number of hydrogen-bond acceptors (Lipinski definition) is 6. The van der Waals surface area contributed by atoms with Crippen LogP contribution in [0, 0.1) is 0 Å². The molecule has 4 fully saturated rings. The first kappa shape index (κ1) is 29.6. The fraction of sp³-hybridized carbons (Fsp3) is 0.500. The highest BCUT2D eigenvalue weighted by Crippen LogP contribution is 2.40. The van der Waals surface area contributed by atoms with E-state index >= 15 is 0 Å². The summed E-state index contributed by atoms with van der Waals surface area (Å²) in [5.41, 5.74) is 2.44. The number of nitrogens with zero attached hydrogens (tertiary/aromatic N) is 4. The smallest absolute Gasteiger partial charge is 0.414 e. The van der Waals surface area contributed by atoms with E-state index in [0.717, 1.165) is 35.8 Å². The molecule has 0 bridgehead atoms. The molecule has 0 radical (unpaired) electrons. The minimum atomic E-state index is -0.640. The van der Waals surface area contributed by atoms with Gasteiger partial charge in [0, 0.05) is 47.3 Å². The van der Waals surface area contributed by atoms with E-state index in [4.69, 9.17) is 9.47 Å². The summed E-state index contributed by atoms with van der Waals surface area (Å²) in [6.07, 6.45) is 5.68. The Hall–Kier alpha value is -3.44. The van der Waals surface area contributed by atoms with Gasteiger partial charge in [-0.3, -0.25) is 19.4 Å². The molecule has 11 heteroatoms. The van der Waals surface area contributed by atoms with Crippen LogP contribution >= 0.6 is 15.9 Å². The van der Waals surface area contributed by atoms with E-state index in [9.17, 15) is 19.2 Å². The number of halogens is 1. The van der Waals surface area contributed by atoms with Crippen LogP contribution in [0.3, 0.4) is 0 Å². The fourth-order valence-electron chi connectivity index (χ4n) is 6.81. The number of imide groups is 1. The highest BCUT2D eigenvalue weighted by molar-refractivity contribution is 9.10. The normalized spacial score (nSPS) is 23.0. The van der Waals surface area contributed by atoms with Gasteiger partial charge < -0.3 is 19.3 Å². The van der Waals surface area contributed by atoms with E-state index in [1.807, 2.05) is 4.90 Å². The van der Waals surface area contributed by atoms with Gasteiger partial charge in [0.05, 0.1) is 19.7 Å². The number of rotatable bonds is 7. The number of benzene rings is 2. The molecule has 3 heterocycles. The molecule has 0 N–H and O–H groups in total. The largest absolute Gasteiger partial charge is 0.442 e. The minimum absolute atomic E-state index is 0.0159. The lowest BCUT2D eigenvalue weighted by atomic mass is 9.73. The van der Waals surface area contributed by atoms with Crippen LogP contribution in [0.15, 0.2) is 53.0 Å². The molecule has 1 atom stereocenters. The summed E-state index contributed by atoms with van der Waals surface area (Å²) >= 11 is 3.55. The van der Waals surface area contributed by atoms with Crippen molar-refractivity contribution in [1.82, 2.24) is 9.80 Å². The molecule has 3 aliphatic heterocycles. The second kappa shape index (κ2) is 12.7. The highest BCUT2D eigenvalue weighted by atomic mass is 79.9. The van der Waals surface area contributed by atoms with E-state index in [2.05, 4.69) is 40.2 Å². The van der Waals surface area contributed by atoms with Crippen molar-refractivity contribution < 1.29 is 28.7 Å². The van der Waals surface area contributed by atoms with Crippen LogP contribution in [-0.2, 0) is 24.5 Å². The standard InChI is InChI=1S/C32H37BrN4O6/c33-24-7-5-23(6-8-24)32(14-3-1-2-4-15-32)22-34-16-13-28(38)37(30(34)40)20-27-19-36(31(41)43-27)26-11-9-25(10-12-26)35-17-18-42-21-29(35)39/h5-12,27H,1-4,13-22H2/t27-/m1/s1. The molecule has 2 aromatic rings. The van der Waals surface area contributed by atoms with Crippen LogP contribution in [0.2, 0.25) is 0 Å². The molecule has 43 heavy (non-hydrogen) atoms. The van der Waals surface area contributed by atoms with Crippen molar-refractivity contribution in [2.75, 3.05) is 55.7 Å². The summed E-state index contributed by atoms with van der Waals surface area (Å²) in [6.45, 7) is 2.19. The van der Waals surface area contributed by atoms with Gasteiger partial charge in [-0.05, 0) is 54.8 Å². The number of ether oxygens (including phenoxy) is 2. The molecule has 5 amide bonds. The van der Waals surface area contributed by atoms with E-state index < -0.39 is 12.2 Å². The third kappa shape index (κ3) is 6.28. The quantitative estimate of drug-likeness (QED) is 0.387. The molecule has 3 saturated heterocycles. The Labute approximate surface area is 260 Å². The van der Waals surface area contributed by atoms with Crippen molar-refractivity contribution in [3.05, 3.63) is 58.6 Å². The summed E-state index contributed by atoms with van der Waals surface area (Å²) in [7, 11) is 0. The Bertz CT molecular complexity index is 1360. The number of anilines is 2. The molecule has 0 aromatic heterocycles. The van der Waals surface area contributed by atoms with Gasteiger partial charge in [0.2, 0.25) is 5.91 Å².